The van der Waals surface area contributed by atoms with Crippen molar-refractivity contribution < 1.29 is 9.90 Å². The summed E-state index contributed by atoms with van der Waals surface area (Å²) in [5.41, 5.74) is 6.53. The Labute approximate surface area is 190 Å². The molecule has 0 radical (unpaired) electrons. The number of nitrogens with zero attached hydrogens (tertiary/aromatic N) is 2. The Bertz CT molecular complexity index is 1070. The molecule has 10 heteroatoms. The molecule has 7 N–H and O–H groups in total. The number of amidine groups is 2. The first-order valence-electron chi connectivity index (χ1n) is 10.9. The second-order valence-electron chi connectivity index (χ2n) is 9.32. The lowest BCUT2D eigenvalue weighted by molar-refractivity contribution is -0.194. The van der Waals surface area contributed by atoms with Crippen LogP contribution in [0, 0.1) is 34.0 Å². The minimum absolute atomic E-state index is 0.0989. The van der Waals surface area contributed by atoms with Gasteiger partial charge in [0.15, 0.2) is 11.7 Å². The van der Waals surface area contributed by atoms with Gasteiger partial charge in [0.05, 0.1) is 16.6 Å². The van der Waals surface area contributed by atoms with E-state index in [-0.39, 0.29) is 40.3 Å². The van der Waals surface area contributed by atoms with Crippen LogP contribution in [0.15, 0.2) is 29.0 Å². The molecule has 0 unspecified atom stereocenters. The summed E-state index contributed by atoms with van der Waals surface area (Å²) in [6, 6.07) is 1.25. The fourth-order valence-corrected chi connectivity index (χ4v) is 6.40. The molecule has 8 rings (SSSR count). The smallest absolute Gasteiger partial charge is 0.309 e. The van der Waals surface area contributed by atoms with Crippen LogP contribution in [0.25, 0.3) is 0 Å². The van der Waals surface area contributed by atoms with Gasteiger partial charge in [-0.3, -0.25) is 15.6 Å². The summed E-state index contributed by atoms with van der Waals surface area (Å²) < 4.78 is 0. The van der Waals surface area contributed by atoms with Gasteiger partial charge in [-0.25, -0.2) is 9.98 Å². The number of nitrogens with one attached hydrogen (secondary N) is 4. The summed E-state index contributed by atoms with van der Waals surface area (Å²) in [6.45, 7) is 0.745. The van der Waals surface area contributed by atoms with Crippen LogP contribution in [-0.2, 0) is 4.79 Å². The van der Waals surface area contributed by atoms with Crippen molar-refractivity contribution in [3.05, 3.63) is 34.6 Å². The number of hydrogen-bond donors (Lipinski definition) is 6. The van der Waals surface area contributed by atoms with E-state index in [2.05, 4.69) is 20.6 Å². The van der Waals surface area contributed by atoms with Crippen molar-refractivity contribution in [1.29, 1.82) is 10.8 Å². The summed E-state index contributed by atoms with van der Waals surface area (Å²) in [6.07, 6.45) is 8.17. The van der Waals surface area contributed by atoms with E-state index in [0.29, 0.717) is 16.8 Å². The van der Waals surface area contributed by atoms with Gasteiger partial charge < -0.3 is 21.5 Å². The molecular formula is C22H26ClN7O2. The van der Waals surface area contributed by atoms with Crippen LogP contribution in [0.4, 0.5) is 5.82 Å². The van der Waals surface area contributed by atoms with Crippen molar-refractivity contribution in [2.24, 2.45) is 28.2 Å². The third kappa shape index (κ3) is 3.26. The van der Waals surface area contributed by atoms with E-state index in [9.17, 15) is 9.90 Å². The Morgan fingerprint density at radius 1 is 1.41 bits per heavy atom. The summed E-state index contributed by atoms with van der Waals surface area (Å²) >= 11 is 5.99. The Kier molecular flexibility index (Phi) is 4.96. The number of anilines is 1. The number of nitrogens with two attached hydrogens (primary N) is 1. The topological polar surface area (TPSA) is 160 Å². The number of carbonyl (C=O) groups is 1. The molecule has 0 saturated heterocycles. The van der Waals surface area contributed by atoms with Crippen LogP contribution in [0.5, 0.6) is 0 Å². The van der Waals surface area contributed by atoms with Gasteiger partial charge in [0.1, 0.15) is 11.5 Å². The van der Waals surface area contributed by atoms with Gasteiger partial charge in [0.25, 0.3) is 0 Å². The second kappa shape index (κ2) is 7.58. The zero-order valence-corrected chi connectivity index (χ0v) is 18.2. The first-order valence-corrected chi connectivity index (χ1v) is 11.3. The molecule has 32 heavy (non-hydrogen) atoms. The molecule has 1 spiro atoms. The van der Waals surface area contributed by atoms with Crippen molar-refractivity contribution in [2.75, 3.05) is 12.3 Å². The zero-order valence-electron chi connectivity index (χ0n) is 17.5. The molecule has 2 heterocycles. The van der Waals surface area contributed by atoms with Gasteiger partial charge in [-0.1, -0.05) is 17.7 Å². The van der Waals surface area contributed by atoms with Crippen molar-refractivity contribution in [1.82, 2.24) is 15.6 Å². The third-order valence-electron chi connectivity index (χ3n) is 7.65. The van der Waals surface area contributed by atoms with Crippen LogP contribution in [0.1, 0.15) is 37.7 Å². The Morgan fingerprint density at radius 2 is 2.19 bits per heavy atom. The molecule has 7 aliphatic rings. The predicted octanol–water partition coefficient (Wildman–Crippen LogP) is 2.42. The van der Waals surface area contributed by atoms with E-state index < -0.39 is 11.9 Å². The maximum absolute atomic E-state index is 12.3. The molecule has 1 aliphatic heterocycles. The van der Waals surface area contributed by atoms with Gasteiger partial charge in [0.2, 0.25) is 0 Å². The highest BCUT2D eigenvalue weighted by molar-refractivity contribution is 6.48. The van der Waals surface area contributed by atoms with E-state index in [1.165, 1.54) is 12.3 Å². The van der Waals surface area contributed by atoms with Crippen molar-refractivity contribution >= 4 is 40.8 Å². The monoisotopic (exact) mass is 455 g/mol. The zero-order chi connectivity index (χ0) is 22.6. The number of aromatic nitrogens is 1. The Balaban J connectivity index is 1.45. The second-order valence-corrected chi connectivity index (χ2v) is 9.76. The van der Waals surface area contributed by atoms with E-state index in [1.807, 2.05) is 6.08 Å². The summed E-state index contributed by atoms with van der Waals surface area (Å²) in [7, 11) is 0. The SMILES string of the molecule is N=C(/N=C(/N[C@H]1[C@@H]2CC[C@]3(C[C@H]2C3)[C@@H]1C(=O)O)C1=CCCN1)C(=N)c1cc(Cl)cnc1N. The molecule has 6 aliphatic carbocycles. The number of carboxylic acids is 1. The molecule has 3 bridgehead atoms. The maximum Gasteiger partial charge on any atom is 0.309 e. The number of nitrogen functional groups attached to an aromatic ring is 1. The normalized spacial score (nSPS) is 32.5. The molecule has 9 nitrogen and oxygen atoms in total. The van der Waals surface area contributed by atoms with Gasteiger partial charge in [-0.2, -0.15) is 0 Å². The molecule has 0 amide bonds. The fraction of sp³-hybridized carbons (Fsp3) is 0.500. The van der Waals surface area contributed by atoms with E-state index in [0.717, 1.165) is 44.3 Å². The number of aliphatic carboxylic acids is 1. The lowest BCUT2D eigenvalue weighted by Gasteiger charge is -2.67. The van der Waals surface area contributed by atoms with Gasteiger partial charge >= 0.3 is 5.97 Å². The van der Waals surface area contributed by atoms with Crippen molar-refractivity contribution in [3.8, 4) is 0 Å². The molecular weight excluding hydrogens is 430 g/mol. The highest BCUT2D eigenvalue weighted by Crippen LogP contribution is 2.68. The predicted molar refractivity (Wildman–Crippen MR) is 122 cm³/mol. The lowest BCUT2D eigenvalue weighted by atomic mass is 9.38. The minimum atomic E-state index is -0.765. The first kappa shape index (κ1) is 20.9. The highest BCUT2D eigenvalue weighted by atomic mass is 35.5. The number of hydrogen-bond acceptors (Lipinski definition) is 6. The Morgan fingerprint density at radius 3 is 2.81 bits per heavy atom. The number of rotatable bonds is 5. The van der Waals surface area contributed by atoms with Crippen LogP contribution in [0.3, 0.4) is 0 Å². The largest absolute Gasteiger partial charge is 0.481 e. The maximum atomic E-state index is 12.3. The summed E-state index contributed by atoms with van der Waals surface area (Å²) in [5.74, 6) is -0.196. The van der Waals surface area contributed by atoms with E-state index >= 15 is 0 Å². The van der Waals surface area contributed by atoms with Crippen molar-refractivity contribution in [2.45, 2.75) is 38.1 Å². The number of halogens is 1. The Hall–Kier alpha value is -2.94. The van der Waals surface area contributed by atoms with Gasteiger partial charge in [-0.05, 0) is 55.4 Å². The standard InChI is InChI=1S/C22H26ClN7O2/c23-11-6-13(18(25)28-9-11)16(24)19(26)30-20(14-2-1-5-27-14)29-17-12-3-4-22(7-10(12)8-22)15(17)21(31)32/h2,6,9-10,12,15,17,24,27H,1,3-5,7-8H2,(H2,25,28)(H,31,32)(H2,26,29,30)/t10-,12-,15+,17+,22+/m1/s1. The molecule has 1 aromatic heterocycles. The number of aliphatic imine (C=N–C) groups is 1. The van der Waals surface area contributed by atoms with E-state index in [1.54, 1.807) is 0 Å². The van der Waals surface area contributed by atoms with Crippen molar-refractivity contribution in [3.63, 3.8) is 0 Å². The molecule has 0 aromatic carbocycles. The molecule has 1 aromatic rings. The van der Waals surface area contributed by atoms with Crippen LogP contribution in [-0.4, -0.2) is 46.0 Å². The lowest BCUT2D eigenvalue weighted by Crippen LogP contribution is -2.69. The quantitative estimate of drug-likeness (QED) is 0.295. The summed E-state index contributed by atoms with van der Waals surface area (Å²) in [5, 5.41) is 33.9. The summed E-state index contributed by atoms with van der Waals surface area (Å²) in [4.78, 5) is 20.6. The molecule has 6 fully saturated rings. The number of carboxylic acid groups (broad SMARTS) is 1. The average molecular weight is 456 g/mol. The minimum Gasteiger partial charge on any atom is -0.481 e. The fourth-order valence-electron chi connectivity index (χ4n) is 6.25. The first-order chi connectivity index (χ1) is 15.3. The van der Waals surface area contributed by atoms with Crippen LogP contribution >= 0.6 is 11.6 Å². The average Bonchev–Trinajstić information content (AvgIpc) is 3.28. The van der Waals surface area contributed by atoms with Crippen LogP contribution in [0.2, 0.25) is 5.02 Å². The van der Waals surface area contributed by atoms with Crippen LogP contribution < -0.4 is 16.4 Å². The van der Waals surface area contributed by atoms with Gasteiger partial charge in [0, 0.05) is 24.3 Å². The number of pyridine rings is 1. The third-order valence-corrected chi connectivity index (χ3v) is 7.85. The molecule has 168 valence electrons. The van der Waals surface area contributed by atoms with Gasteiger partial charge in [-0.15, -0.1) is 0 Å². The highest BCUT2D eigenvalue weighted by Gasteiger charge is 2.67. The molecule has 3 atom stereocenters. The molecule has 6 saturated carbocycles. The van der Waals surface area contributed by atoms with E-state index in [4.69, 9.17) is 28.2 Å².